The number of rotatable bonds is 6. The van der Waals surface area contributed by atoms with Crippen LogP contribution < -0.4 is 10.1 Å². The summed E-state index contributed by atoms with van der Waals surface area (Å²) in [5.41, 5.74) is -0.525. The summed E-state index contributed by atoms with van der Waals surface area (Å²) in [4.78, 5) is 14.6. The monoisotopic (exact) mass is 414 g/mol. The summed E-state index contributed by atoms with van der Waals surface area (Å²) in [5, 5.41) is 13.5. The number of carbonyl (C=O) groups excluding carboxylic acids is 1. The van der Waals surface area contributed by atoms with Crippen molar-refractivity contribution in [3.05, 3.63) is 29.8 Å². The third-order valence-electron chi connectivity index (χ3n) is 6.22. The molecule has 2 saturated heterocycles. The first kappa shape index (κ1) is 20.4. The zero-order valence-electron chi connectivity index (χ0n) is 16.0. The minimum atomic E-state index is -4.79. The molecule has 3 fully saturated rings. The van der Waals surface area contributed by atoms with Gasteiger partial charge in [-0.25, -0.2) is 0 Å². The van der Waals surface area contributed by atoms with Gasteiger partial charge in [-0.3, -0.25) is 9.69 Å². The van der Waals surface area contributed by atoms with E-state index >= 15 is 0 Å². The van der Waals surface area contributed by atoms with Crippen molar-refractivity contribution < 1.29 is 32.5 Å². The number of piperidine rings is 1. The number of amides is 1. The number of carbonyl (C=O) groups is 1. The summed E-state index contributed by atoms with van der Waals surface area (Å²) in [6, 6.07) is 5.08. The van der Waals surface area contributed by atoms with Crippen molar-refractivity contribution in [2.24, 2.45) is 17.8 Å². The quantitative estimate of drug-likeness (QED) is 0.746. The molecule has 0 bridgehead atoms. The highest BCUT2D eigenvalue weighted by Gasteiger charge is 2.55. The molecular weight excluding hydrogens is 389 g/mol. The number of halogens is 3. The highest BCUT2D eigenvalue weighted by Crippen LogP contribution is 2.51. The van der Waals surface area contributed by atoms with Gasteiger partial charge in [-0.05, 0) is 36.0 Å². The van der Waals surface area contributed by atoms with Gasteiger partial charge in [-0.15, -0.1) is 13.2 Å². The van der Waals surface area contributed by atoms with Gasteiger partial charge in [0.1, 0.15) is 5.75 Å². The number of likely N-dealkylation sites (tertiary alicyclic amines) is 1. The highest BCUT2D eigenvalue weighted by atomic mass is 19.4. The van der Waals surface area contributed by atoms with E-state index in [2.05, 4.69) is 15.0 Å². The number of benzene rings is 1. The first-order chi connectivity index (χ1) is 13.7. The minimum Gasteiger partial charge on any atom is -0.406 e. The molecule has 2 atom stereocenters. The standard InChI is InChI=1S/C20H25F3N2O4/c21-20(22,23)29-14-3-1-2-13(8-14)18(26)24-9-15-16-10-25(11-17(15)16)12-19(27)4-6-28-7-5-19/h1-3,8,15-17,27H,4-7,9-12H2,(H,24,26). The largest absolute Gasteiger partial charge is 0.573 e. The van der Waals surface area contributed by atoms with E-state index in [0.29, 0.717) is 56.9 Å². The van der Waals surface area contributed by atoms with Gasteiger partial charge in [-0.1, -0.05) is 6.07 Å². The van der Waals surface area contributed by atoms with Crippen molar-refractivity contribution >= 4 is 5.91 Å². The first-order valence-corrected chi connectivity index (χ1v) is 9.89. The molecule has 6 nitrogen and oxygen atoms in total. The second kappa shape index (κ2) is 7.77. The van der Waals surface area contributed by atoms with Crippen molar-refractivity contribution in [2.75, 3.05) is 39.4 Å². The van der Waals surface area contributed by atoms with Crippen LogP contribution in [0.15, 0.2) is 24.3 Å². The Morgan fingerprint density at radius 2 is 1.97 bits per heavy atom. The summed E-state index contributed by atoms with van der Waals surface area (Å²) in [5.74, 6) is 0.567. The third-order valence-corrected chi connectivity index (χ3v) is 6.22. The van der Waals surface area contributed by atoms with Crippen molar-refractivity contribution in [1.82, 2.24) is 10.2 Å². The van der Waals surface area contributed by atoms with E-state index in [4.69, 9.17) is 4.74 Å². The van der Waals surface area contributed by atoms with E-state index in [9.17, 15) is 23.1 Å². The Hall–Kier alpha value is -1.84. The molecule has 29 heavy (non-hydrogen) atoms. The van der Waals surface area contributed by atoms with Gasteiger partial charge < -0.3 is 19.9 Å². The highest BCUT2D eigenvalue weighted by molar-refractivity contribution is 5.94. The lowest BCUT2D eigenvalue weighted by Crippen LogP contribution is -2.47. The molecule has 0 aromatic heterocycles. The number of hydrogen-bond acceptors (Lipinski definition) is 5. The van der Waals surface area contributed by atoms with Gasteiger partial charge in [0.25, 0.3) is 5.91 Å². The second-order valence-corrected chi connectivity index (χ2v) is 8.31. The zero-order chi connectivity index (χ0) is 20.6. The van der Waals surface area contributed by atoms with Crippen LogP contribution in [0.4, 0.5) is 13.2 Å². The first-order valence-electron chi connectivity index (χ1n) is 9.89. The van der Waals surface area contributed by atoms with Crippen molar-refractivity contribution in [3.8, 4) is 5.75 Å². The maximum absolute atomic E-state index is 12.3. The molecule has 0 radical (unpaired) electrons. The fourth-order valence-corrected chi connectivity index (χ4v) is 4.64. The van der Waals surface area contributed by atoms with E-state index < -0.39 is 23.6 Å². The van der Waals surface area contributed by atoms with Crippen LogP contribution in [0.3, 0.4) is 0 Å². The Morgan fingerprint density at radius 1 is 1.28 bits per heavy atom. The smallest absolute Gasteiger partial charge is 0.406 e. The molecule has 0 spiro atoms. The molecule has 1 aliphatic carbocycles. The van der Waals surface area contributed by atoms with Crippen LogP contribution in [0.5, 0.6) is 5.75 Å². The number of fused-ring (bicyclic) bond motifs is 1. The van der Waals surface area contributed by atoms with Crippen molar-refractivity contribution in [1.29, 1.82) is 0 Å². The number of hydrogen-bond donors (Lipinski definition) is 2. The lowest BCUT2D eigenvalue weighted by atomic mass is 9.93. The molecule has 2 unspecified atom stereocenters. The Kier molecular flexibility index (Phi) is 5.48. The van der Waals surface area contributed by atoms with Crippen LogP contribution in [0.1, 0.15) is 23.2 Å². The summed E-state index contributed by atoms with van der Waals surface area (Å²) in [6.45, 7) is 4.17. The predicted octanol–water partition coefficient (Wildman–Crippen LogP) is 2.03. The van der Waals surface area contributed by atoms with E-state index in [1.54, 1.807) is 0 Å². The van der Waals surface area contributed by atoms with Crippen LogP contribution in [-0.4, -0.2) is 67.3 Å². The summed E-state index contributed by atoms with van der Waals surface area (Å²) in [6.07, 6.45) is -3.46. The molecule has 1 saturated carbocycles. The molecule has 2 heterocycles. The topological polar surface area (TPSA) is 71.0 Å². The lowest BCUT2D eigenvalue weighted by molar-refractivity contribution is -0.274. The summed E-state index contributed by atoms with van der Waals surface area (Å²) < 4.78 is 46.1. The predicted molar refractivity (Wildman–Crippen MR) is 97.4 cm³/mol. The average Bonchev–Trinajstić information content (AvgIpc) is 3.10. The number of aliphatic hydroxyl groups is 1. The Balaban J connectivity index is 1.22. The summed E-state index contributed by atoms with van der Waals surface area (Å²) in [7, 11) is 0. The molecular formula is C20H25F3N2O4. The molecule has 2 N–H and O–H groups in total. The molecule has 160 valence electrons. The van der Waals surface area contributed by atoms with E-state index in [0.717, 1.165) is 25.2 Å². The summed E-state index contributed by atoms with van der Waals surface area (Å²) >= 11 is 0. The molecule has 3 aliphatic rings. The van der Waals surface area contributed by atoms with Crippen LogP contribution in [0.2, 0.25) is 0 Å². The molecule has 9 heteroatoms. The normalized spacial score (nSPS) is 28.6. The maximum atomic E-state index is 12.3. The van der Waals surface area contributed by atoms with Gasteiger partial charge in [0.15, 0.2) is 0 Å². The molecule has 1 amide bonds. The van der Waals surface area contributed by atoms with Crippen molar-refractivity contribution in [3.63, 3.8) is 0 Å². The van der Waals surface area contributed by atoms with Crippen LogP contribution in [0.25, 0.3) is 0 Å². The average molecular weight is 414 g/mol. The lowest BCUT2D eigenvalue weighted by Gasteiger charge is -2.36. The fourth-order valence-electron chi connectivity index (χ4n) is 4.64. The number of β-amino-alcohol motifs (C(OH)–C–C–N with tert-alkyl or cyclic N) is 1. The van der Waals surface area contributed by atoms with Crippen LogP contribution >= 0.6 is 0 Å². The second-order valence-electron chi connectivity index (χ2n) is 8.31. The minimum absolute atomic E-state index is 0.140. The number of ether oxygens (including phenoxy) is 2. The van der Waals surface area contributed by atoms with Crippen LogP contribution in [0, 0.1) is 17.8 Å². The fraction of sp³-hybridized carbons (Fsp3) is 0.650. The maximum Gasteiger partial charge on any atom is 0.573 e. The van der Waals surface area contributed by atoms with Crippen molar-refractivity contribution in [2.45, 2.75) is 24.8 Å². The Labute approximate surface area is 167 Å². The van der Waals surface area contributed by atoms with E-state index in [-0.39, 0.29) is 5.56 Å². The van der Waals surface area contributed by atoms with Crippen LogP contribution in [-0.2, 0) is 4.74 Å². The Morgan fingerprint density at radius 3 is 2.62 bits per heavy atom. The zero-order valence-corrected chi connectivity index (χ0v) is 16.0. The van der Waals surface area contributed by atoms with Gasteiger partial charge in [0.2, 0.25) is 0 Å². The molecule has 1 aromatic carbocycles. The number of alkyl halides is 3. The van der Waals surface area contributed by atoms with Gasteiger partial charge >= 0.3 is 6.36 Å². The number of nitrogens with zero attached hydrogens (tertiary/aromatic N) is 1. The Bertz CT molecular complexity index is 739. The van der Waals surface area contributed by atoms with Gasteiger partial charge in [0, 0.05) is 57.8 Å². The van der Waals surface area contributed by atoms with E-state index in [1.165, 1.54) is 12.1 Å². The van der Waals surface area contributed by atoms with Gasteiger partial charge in [0.05, 0.1) is 5.60 Å². The third kappa shape index (κ3) is 5.02. The van der Waals surface area contributed by atoms with Gasteiger partial charge in [-0.2, -0.15) is 0 Å². The molecule has 4 rings (SSSR count). The molecule has 1 aromatic rings. The number of nitrogens with one attached hydrogen (secondary N) is 1. The SMILES string of the molecule is O=C(NCC1C2CN(CC3(O)CCOCC3)CC12)c1cccc(OC(F)(F)F)c1. The molecule has 2 aliphatic heterocycles. The van der Waals surface area contributed by atoms with E-state index in [1.807, 2.05) is 0 Å².